The molecule has 0 saturated carbocycles. The van der Waals surface area contributed by atoms with Crippen LogP contribution in [0.3, 0.4) is 0 Å². The van der Waals surface area contributed by atoms with Crippen LogP contribution in [-0.4, -0.2) is 24.2 Å². The molecule has 0 fully saturated rings. The van der Waals surface area contributed by atoms with Crippen molar-refractivity contribution in [3.05, 3.63) is 24.2 Å². The van der Waals surface area contributed by atoms with Gasteiger partial charge < -0.3 is 9.47 Å². The van der Waals surface area contributed by atoms with E-state index in [2.05, 4.69) is 9.97 Å². The summed E-state index contributed by atoms with van der Waals surface area (Å²) in [6.07, 6.45) is 1.55. The number of ether oxygens (including phenoxy) is 2. The Morgan fingerprint density at radius 1 is 0.941 bits per heavy atom. The van der Waals surface area contributed by atoms with Crippen LogP contribution in [0.25, 0.3) is 10.9 Å². The van der Waals surface area contributed by atoms with E-state index in [1.54, 1.807) is 20.5 Å². The second-order valence-electron chi connectivity index (χ2n) is 3.18. The van der Waals surface area contributed by atoms with E-state index in [-0.39, 0.29) is 0 Å². The van der Waals surface area contributed by atoms with Gasteiger partial charge >= 0.3 is 0 Å². The first-order chi connectivity index (χ1) is 8.26. The molecule has 0 aliphatic heterocycles. The molecule has 0 aliphatic carbocycles. The molecule has 0 amide bonds. The maximum absolute atomic E-state index is 5.22. The van der Waals surface area contributed by atoms with Gasteiger partial charge in [0.1, 0.15) is 6.33 Å². The third-order valence-electron chi connectivity index (χ3n) is 2.34. The van der Waals surface area contributed by atoms with Crippen LogP contribution >= 0.6 is 0 Å². The van der Waals surface area contributed by atoms with Crippen molar-refractivity contribution < 1.29 is 9.47 Å². The van der Waals surface area contributed by atoms with Crippen LogP contribution < -0.4 is 9.47 Å². The monoisotopic (exact) mass is 234 g/mol. The normalized spacial score (nSPS) is 9.47. The van der Waals surface area contributed by atoms with E-state index >= 15 is 0 Å². The number of rotatable bonds is 2. The molecule has 0 saturated heterocycles. The Labute approximate surface area is 102 Å². The van der Waals surface area contributed by atoms with E-state index in [0.29, 0.717) is 11.5 Å². The van der Waals surface area contributed by atoms with E-state index < -0.39 is 0 Å². The van der Waals surface area contributed by atoms with Crippen molar-refractivity contribution in [2.24, 2.45) is 0 Å². The first-order valence-electron chi connectivity index (χ1n) is 5.59. The van der Waals surface area contributed by atoms with Crippen molar-refractivity contribution in [2.45, 2.75) is 20.8 Å². The van der Waals surface area contributed by atoms with Crippen LogP contribution in [0.2, 0.25) is 0 Å². The molecule has 2 rings (SSSR count). The molecule has 1 aromatic carbocycles. The highest BCUT2D eigenvalue weighted by molar-refractivity contribution is 5.84. The summed E-state index contributed by atoms with van der Waals surface area (Å²) >= 11 is 0. The fourth-order valence-electron chi connectivity index (χ4n) is 1.51. The average Bonchev–Trinajstić information content (AvgIpc) is 2.40. The predicted molar refractivity (Wildman–Crippen MR) is 68.7 cm³/mol. The number of aryl methyl sites for hydroxylation is 1. The predicted octanol–water partition coefficient (Wildman–Crippen LogP) is 2.98. The number of benzene rings is 1. The largest absolute Gasteiger partial charge is 0.493 e. The van der Waals surface area contributed by atoms with Gasteiger partial charge in [0.15, 0.2) is 11.5 Å². The third kappa shape index (κ3) is 2.64. The van der Waals surface area contributed by atoms with Crippen molar-refractivity contribution in [1.29, 1.82) is 0 Å². The van der Waals surface area contributed by atoms with E-state index in [0.717, 1.165) is 16.6 Å². The van der Waals surface area contributed by atoms with Gasteiger partial charge in [-0.05, 0) is 13.0 Å². The van der Waals surface area contributed by atoms with E-state index in [1.165, 1.54) is 0 Å². The van der Waals surface area contributed by atoms with Crippen molar-refractivity contribution >= 4 is 10.9 Å². The Kier molecular flexibility index (Phi) is 4.69. The minimum Gasteiger partial charge on any atom is -0.493 e. The molecular weight excluding hydrogens is 216 g/mol. The molecule has 0 bridgehead atoms. The van der Waals surface area contributed by atoms with Crippen LogP contribution in [0.4, 0.5) is 0 Å². The van der Waals surface area contributed by atoms with E-state index in [4.69, 9.17) is 9.47 Å². The second kappa shape index (κ2) is 6.03. The van der Waals surface area contributed by atoms with E-state index in [9.17, 15) is 0 Å². The Bertz CT molecular complexity index is 498. The van der Waals surface area contributed by atoms with Crippen LogP contribution in [-0.2, 0) is 0 Å². The number of nitrogens with zero attached hydrogens (tertiary/aromatic N) is 2. The van der Waals surface area contributed by atoms with Gasteiger partial charge in [0, 0.05) is 17.1 Å². The Hall–Kier alpha value is -1.84. The van der Waals surface area contributed by atoms with Crippen LogP contribution in [0.5, 0.6) is 11.5 Å². The second-order valence-corrected chi connectivity index (χ2v) is 3.18. The smallest absolute Gasteiger partial charge is 0.162 e. The molecular formula is C13H18N2O2. The van der Waals surface area contributed by atoms with Gasteiger partial charge in [-0.2, -0.15) is 0 Å². The molecule has 0 N–H and O–H groups in total. The molecule has 92 valence electrons. The van der Waals surface area contributed by atoms with Gasteiger partial charge in [0.2, 0.25) is 0 Å². The fourth-order valence-corrected chi connectivity index (χ4v) is 1.51. The number of fused-ring (bicyclic) bond motifs is 1. The maximum atomic E-state index is 5.22. The molecule has 0 radical (unpaired) electrons. The van der Waals surface area contributed by atoms with Gasteiger partial charge in [0.05, 0.1) is 19.7 Å². The zero-order valence-electron chi connectivity index (χ0n) is 10.9. The van der Waals surface area contributed by atoms with Crippen LogP contribution in [0.1, 0.15) is 19.5 Å². The summed E-state index contributed by atoms with van der Waals surface area (Å²) in [5.74, 6) is 1.38. The van der Waals surface area contributed by atoms with Gasteiger partial charge in [-0.1, -0.05) is 13.8 Å². The van der Waals surface area contributed by atoms with Gasteiger partial charge in [-0.25, -0.2) is 9.97 Å². The topological polar surface area (TPSA) is 44.2 Å². The lowest BCUT2D eigenvalue weighted by Gasteiger charge is -2.09. The molecule has 17 heavy (non-hydrogen) atoms. The molecule has 0 spiro atoms. The first-order valence-corrected chi connectivity index (χ1v) is 5.59. The molecule has 0 atom stereocenters. The van der Waals surface area contributed by atoms with Crippen molar-refractivity contribution in [3.63, 3.8) is 0 Å². The summed E-state index contributed by atoms with van der Waals surface area (Å²) < 4.78 is 10.4. The minimum absolute atomic E-state index is 0.683. The fraction of sp³-hybridized carbons (Fsp3) is 0.385. The van der Waals surface area contributed by atoms with Crippen LogP contribution in [0, 0.1) is 6.92 Å². The Morgan fingerprint density at radius 3 is 2.12 bits per heavy atom. The van der Waals surface area contributed by atoms with Gasteiger partial charge in [0.25, 0.3) is 0 Å². The van der Waals surface area contributed by atoms with E-state index in [1.807, 2.05) is 32.9 Å². The van der Waals surface area contributed by atoms with Crippen LogP contribution in [0.15, 0.2) is 18.5 Å². The highest BCUT2D eigenvalue weighted by Gasteiger charge is 2.08. The summed E-state index contributed by atoms with van der Waals surface area (Å²) in [5, 5.41) is 0.982. The zero-order chi connectivity index (χ0) is 12.8. The van der Waals surface area contributed by atoms with Crippen molar-refractivity contribution in [1.82, 2.24) is 9.97 Å². The minimum atomic E-state index is 0.683. The average molecular weight is 234 g/mol. The molecule has 1 aromatic heterocycles. The summed E-state index contributed by atoms with van der Waals surface area (Å²) in [5.41, 5.74) is 1.79. The molecule has 1 heterocycles. The summed E-state index contributed by atoms with van der Waals surface area (Å²) in [7, 11) is 3.22. The lowest BCUT2D eigenvalue weighted by atomic mass is 10.2. The highest BCUT2D eigenvalue weighted by Crippen LogP contribution is 2.31. The number of hydrogen-bond donors (Lipinski definition) is 0. The Morgan fingerprint density at radius 2 is 1.53 bits per heavy atom. The molecule has 4 nitrogen and oxygen atoms in total. The standard InChI is InChI=1S/C11H12N2O2.C2H6/c1-7-8-4-10(14-2)11(15-3)5-9(8)13-6-12-7;1-2/h4-6H,1-3H3;1-2H3. The number of aromatic nitrogens is 2. The lowest BCUT2D eigenvalue weighted by Crippen LogP contribution is -1.93. The first kappa shape index (κ1) is 13.2. The molecule has 0 aliphatic rings. The van der Waals surface area contributed by atoms with Crippen molar-refractivity contribution in [3.8, 4) is 11.5 Å². The third-order valence-corrected chi connectivity index (χ3v) is 2.34. The van der Waals surface area contributed by atoms with Gasteiger partial charge in [-0.3, -0.25) is 0 Å². The maximum Gasteiger partial charge on any atom is 0.162 e. The molecule has 2 aromatic rings. The molecule has 0 unspecified atom stereocenters. The van der Waals surface area contributed by atoms with Crippen molar-refractivity contribution in [2.75, 3.05) is 14.2 Å². The summed E-state index contributed by atoms with van der Waals surface area (Å²) in [6.45, 7) is 5.94. The Balaban J connectivity index is 0.000000686. The molecule has 4 heteroatoms. The quantitative estimate of drug-likeness (QED) is 0.801. The summed E-state index contributed by atoms with van der Waals surface area (Å²) in [4.78, 5) is 8.31. The SMILES string of the molecule is CC.COc1cc2ncnc(C)c2cc1OC. The number of hydrogen-bond acceptors (Lipinski definition) is 4. The lowest BCUT2D eigenvalue weighted by molar-refractivity contribution is 0.355. The zero-order valence-corrected chi connectivity index (χ0v) is 10.9. The number of methoxy groups -OCH3 is 2. The highest BCUT2D eigenvalue weighted by atomic mass is 16.5. The van der Waals surface area contributed by atoms with Gasteiger partial charge in [-0.15, -0.1) is 0 Å². The summed E-state index contributed by atoms with van der Waals surface area (Å²) in [6, 6.07) is 3.74.